The van der Waals surface area contributed by atoms with Crippen LogP contribution in [-0.2, 0) is 4.79 Å². The van der Waals surface area contributed by atoms with Crippen LogP contribution in [0.15, 0.2) is 66.1 Å². The molecule has 0 saturated carbocycles. The van der Waals surface area contributed by atoms with Gasteiger partial charge >= 0.3 is 0 Å². The molecule has 0 spiro atoms. The lowest BCUT2D eigenvalue weighted by Gasteiger charge is -2.28. The van der Waals surface area contributed by atoms with Crippen LogP contribution in [0, 0.1) is 10.1 Å². The van der Waals surface area contributed by atoms with Crippen LogP contribution in [-0.4, -0.2) is 25.6 Å². The first-order chi connectivity index (χ1) is 14.0. The average Bonchev–Trinajstić information content (AvgIpc) is 3.16. The number of hydrogen-bond donors (Lipinski definition) is 2. The lowest BCUT2D eigenvalue weighted by atomic mass is 9.93. The van der Waals surface area contributed by atoms with Gasteiger partial charge in [-0.05, 0) is 37.3 Å². The molecule has 0 saturated heterocycles. The molecule has 0 fully saturated rings. The topological polar surface area (TPSA) is 115 Å². The van der Waals surface area contributed by atoms with Gasteiger partial charge < -0.3 is 10.6 Å². The summed E-state index contributed by atoms with van der Waals surface area (Å²) in [7, 11) is 0. The number of allylic oxidation sites excluding steroid dienone is 1. The zero-order chi connectivity index (χ0) is 20.5. The number of anilines is 2. The number of nitro benzene ring substituents is 1. The van der Waals surface area contributed by atoms with E-state index in [9.17, 15) is 14.9 Å². The highest BCUT2D eigenvalue weighted by atomic mass is 35.5. The van der Waals surface area contributed by atoms with Crippen LogP contribution in [0.2, 0.25) is 5.02 Å². The Kier molecular flexibility index (Phi) is 4.73. The lowest BCUT2D eigenvalue weighted by Crippen LogP contribution is -2.31. The number of nitrogens with zero attached hydrogens (tertiary/aromatic N) is 4. The normalized spacial score (nSPS) is 15.4. The fraction of sp³-hybridized carbons (Fsp3) is 0.105. The van der Waals surface area contributed by atoms with E-state index in [1.165, 1.54) is 17.1 Å². The Balaban J connectivity index is 1.81. The Morgan fingerprint density at radius 3 is 2.69 bits per heavy atom. The number of amides is 1. The molecule has 146 valence electrons. The Labute approximate surface area is 170 Å². The number of fused-ring (bicyclic) bond motifs is 1. The lowest BCUT2D eigenvalue weighted by molar-refractivity contribution is -0.385. The molecule has 0 unspecified atom stereocenters. The van der Waals surface area contributed by atoms with Gasteiger partial charge in [0.25, 0.3) is 11.6 Å². The predicted octanol–water partition coefficient (Wildman–Crippen LogP) is 3.77. The fourth-order valence-electron chi connectivity index (χ4n) is 3.29. The molecule has 1 amide bonds. The van der Waals surface area contributed by atoms with Gasteiger partial charge in [-0.3, -0.25) is 14.9 Å². The zero-order valence-electron chi connectivity index (χ0n) is 15.2. The first-order valence-electron chi connectivity index (χ1n) is 8.63. The summed E-state index contributed by atoms with van der Waals surface area (Å²) in [5.41, 5.74) is 1.61. The third-order valence-electron chi connectivity index (χ3n) is 4.57. The number of para-hydroxylation sites is 1. The quantitative estimate of drug-likeness (QED) is 0.499. The molecule has 0 radical (unpaired) electrons. The van der Waals surface area contributed by atoms with Crippen molar-refractivity contribution in [2.75, 3.05) is 10.6 Å². The number of halogens is 1. The molecule has 1 aliphatic heterocycles. The zero-order valence-corrected chi connectivity index (χ0v) is 15.9. The minimum absolute atomic E-state index is 0.106. The van der Waals surface area contributed by atoms with E-state index in [0.29, 0.717) is 33.5 Å². The largest absolute Gasteiger partial charge is 0.328 e. The molecular formula is C19H15ClN6O3. The van der Waals surface area contributed by atoms with Gasteiger partial charge in [0.1, 0.15) is 12.4 Å². The summed E-state index contributed by atoms with van der Waals surface area (Å²) in [5.74, 6) is -0.0182. The van der Waals surface area contributed by atoms with Gasteiger partial charge in [0, 0.05) is 22.5 Å². The van der Waals surface area contributed by atoms with Gasteiger partial charge in [0.05, 0.1) is 16.1 Å². The molecule has 4 rings (SSSR count). The summed E-state index contributed by atoms with van der Waals surface area (Å²) < 4.78 is 1.46. The number of aromatic nitrogens is 3. The number of benzene rings is 2. The summed E-state index contributed by atoms with van der Waals surface area (Å²) in [6.45, 7) is 1.72. The van der Waals surface area contributed by atoms with Crippen molar-refractivity contribution in [1.29, 1.82) is 0 Å². The average molecular weight is 411 g/mol. The van der Waals surface area contributed by atoms with Crippen LogP contribution in [0.25, 0.3) is 0 Å². The van der Waals surface area contributed by atoms with Crippen molar-refractivity contribution in [2.24, 2.45) is 0 Å². The molecule has 3 aromatic rings. The number of carbonyl (C=O) groups excluding carboxylic acids is 1. The molecule has 2 heterocycles. The van der Waals surface area contributed by atoms with E-state index < -0.39 is 16.9 Å². The van der Waals surface area contributed by atoms with Gasteiger partial charge in [-0.1, -0.05) is 23.7 Å². The smallest absolute Gasteiger partial charge is 0.275 e. The van der Waals surface area contributed by atoms with Crippen molar-refractivity contribution in [2.45, 2.75) is 13.0 Å². The Hall–Kier alpha value is -3.72. The molecule has 1 aromatic heterocycles. The molecule has 29 heavy (non-hydrogen) atoms. The molecule has 1 aliphatic rings. The molecule has 1 atom stereocenters. The van der Waals surface area contributed by atoms with Crippen molar-refractivity contribution in [3.63, 3.8) is 0 Å². The second-order valence-electron chi connectivity index (χ2n) is 6.37. The van der Waals surface area contributed by atoms with E-state index in [-0.39, 0.29) is 5.69 Å². The Morgan fingerprint density at radius 2 is 1.97 bits per heavy atom. The van der Waals surface area contributed by atoms with E-state index in [2.05, 4.69) is 20.7 Å². The van der Waals surface area contributed by atoms with Crippen molar-refractivity contribution in [3.8, 4) is 0 Å². The van der Waals surface area contributed by atoms with Crippen LogP contribution in [0.5, 0.6) is 0 Å². The summed E-state index contributed by atoms with van der Waals surface area (Å²) in [5, 5.41) is 22.2. The van der Waals surface area contributed by atoms with Crippen LogP contribution in [0.3, 0.4) is 0 Å². The first kappa shape index (κ1) is 18.6. The number of rotatable bonds is 4. The maximum absolute atomic E-state index is 13.2. The van der Waals surface area contributed by atoms with E-state index in [0.717, 1.165) is 0 Å². The molecule has 2 N–H and O–H groups in total. The van der Waals surface area contributed by atoms with Crippen LogP contribution < -0.4 is 10.6 Å². The monoisotopic (exact) mass is 410 g/mol. The summed E-state index contributed by atoms with van der Waals surface area (Å²) in [4.78, 5) is 28.5. The van der Waals surface area contributed by atoms with E-state index in [1.54, 1.807) is 49.4 Å². The Morgan fingerprint density at radius 1 is 1.24 bits per heavy atom. The highest BCUT2D eigenvalue weighted by molar-refractivity contribution is 6.30. The third-order valence-corrected chi connectivity index (χ3v) is 4.82. The second kappa shape index (κ2) is 7.36. The van der Waals surface area contributed by atoms with Gasteiger partial charge in [0.2, 0.25) is 5.95 Å². The maximum atomic E-state index is 13.2. The summed E-state index contributed by atoms with van der Waals surface area (Å²) in [6, 6.07) is 12.1. The number of nitro groups is 1. The van der Waals surface area contributed by atoms with Crippen molar-refractivity contribution in [1.82, 2.24) is 14.8 Å². The van der Waals surface area contributed by atoms with E-state index in [4.69, 9.17) is 11.6 Å². The standard InChI is InChI=1S/C19H15ClN6O3/c1-11-16(18(27)24-13-8-6-12(20)7-9-13)17(25-19(23-11)21-10-22-25)14-4-2-3-5-15(14)26(28)29/h2-10,17H,1H3,(H,24,27)(H,21,22,23)/t17-/m0/s1. The van der Waals surface area contributed by atoms with Crippen LogP contribution >= 0.6 is 11.6 Å². The van der Waals surface area contributed by atoms with E-state index in [1.807, 2.05) is 0 Å². The molecular weight excluding hydrogens is 396 g/mol. The number of nitrogens with one attached hydrogen (secondary N) is 2. The van der Waals surface area contributed by atoms with Crippen molar-refractivity contribution < 1.29 is 9.72 Å². The maximum Gasteiger partial charge on any atom is 0.275 e. The predicted molar refractivity (Wildman–Crippen MR) is 108 cm³/mol. The van der Waals surface area contributed by atoms with Gasteiger partial charge in [-0.25, -0.2) is 4.68 Å². The highest BCUT2D eigenvalue weighted by Crippen LogP contribution is 2.38. The molecule has 0 aliphatic carbocycles. The molecule has 0 bridgehead atoms. The van der Waals surface area contributed by atoms with Gasteiger partial charge in [-0.2, -0.15) is 10.1 Å². The summed E-state index contributed by atoms with van der Waals surface area (Å²) >= 11 is 5.90. The number of hydrogen-bond acceptors (Lipinski definition) is 6. The second-order valence-corrected chi connectivity index (χ2v) is 6.81. The van der Waals surface area contributed by atoms with Gasteiger partial charge in [-0.15, -0.1) is 0 Å². The molecule has 9 nitrogen and oxygen atoms in total. The first-order valence-corrected chi connectivity index (χ1v) is 9.01. The van der Waals surface area contributed by atoms with Gasteiger partial charge in [0.15, 0.2) is 0 Å². The SMILES string of the molecule is CC1=C(C(=O)Nc2ccc(Cl)cc2)[C@H](c2ccccc2[N+](=O)[O-])n2ncnc2N1. The highest BCUT2D eigenvalue weighted by Gasteiger charge is 2.36. The fourth-order valence-corrected chi connectivity index (χ4v) is 3.42. The minimum Gasteiger partial charge on any atom is -0.328 e. The number of carbonyl (C=O) groups is 1. The van der Waals surface area contributed by atoms with E-state index >= 15 is 0 Å². The molecule has 10 heteroatoms. The summed E-state index contributed by atoms with van der Waals surface area (Å²) in [6.07, 6.45) is 1.33. The van der Waals surface area contributed by atoms with Crippen LogP contribution in [0.4, 0.5) is 17.3 Å². The minimum atomic E-state index is -0.817. The third kappa shape index (κ3) is 3.43. The van der Waals surface area contributed by atoms with Crippen molar-refractivity contribution in [3.05, 3.63) is 86.8 Å². The Bertz CT molecular complexity index is 1140. The van der Waals surface area contributed by atoms with Crippen LogP contribution in [0.1, 0.15) is 18.5 Å². The van der Waals surface area contributed by atoms with Crippen molar-refractivity contribution >= 4 is 34.8 Å². The molecule has 2 aromatic carbocycles.